The molecule has 5 heteroatoms. The Bertz CT molecular complexity index is 21.2. The van der Waals surface area contributed by atoms with Crippen molar-refractivity contribution >= 4 is 0 Å². The van der Waals surface area contributed by atoms with Crippen molar-refractivity contribution in [2.75, 3.05) is 14.2 Å². The second kappa shape index (κ2) is 15.7. The van der Waals surface area contributed by atoms with Gasteiger partial charge in [-0.1, -0.05) is 0 Å². The Morgan fingerprint density at radius 3 is 1.29 bits per heavy atom. The van der Waals surface area contributed by atoms with E-state index in [9.17, 15) is 0 Å². The van der Waals surface area contributed by atoms with Gasteiger partial charge in [-0.15, -0.1) is 0 Å². The van der Waals surface area contributed by atoms with Crippen LogP contribution in [-0.4, -0.2) is 14.2 Å². The number of hydrogen-bond acceptors (Lipinski definition) is 2. The molecule has 0 N–H and O–H groups in total. The maximum absolute atomic E-state index is 4.66. The van der Waals surface area contributed by atoms with Gasteiger partial charge in [-0.2, -0.15) is 0 Å². The zero-order chi connectivity index (χ0) is 4.12. The summed E-state index contributed by atoms with van der Waals surface area (Å²) in [6.45, 7) is 0. The summed E-state index contributed by atoms with van der Waals surface area (Å²) in [7, 11) is 3.35. The summed E-state index contributed by atoms with van der Waals surface area (Å²) in [6.07, 6.45) is 0. The Labute approximate surface area is 77.1 Å². The molecule has 0 aromatic rings. The van der Waals surface area contributed by atoms with E-state index in [4.69, 9.17) is 0 Å². The predicted molar refractivity (Wildman–Crippen MR) is 14.0 cm³/mol. The molecule has 0 fully saturated rings. The Morgan fingerprint density at radius 1 is 1.00 bits per heavy atom. The molecule has 0 amide bonds. The topological polar surface area (TPSA) is 18.5 Å². The third-order valence-electron chi connectivity index (χ3n) is 0.167. The smallest absolute Gasteiger partial charge is 1.00 e. The van der Waals surface area contributed by atoms with Crippen molar-refractivity contribution in [3.8, 4) is 0 Å². The van der Waals surface area contributed by atoms with Crippen molar-refractivity contribution in [1.29, 1.82) is 0 Å². The van der Waals surface area contributed by atoms with Gasteiger partial charge in [0.1, 0.15) is 0 Å². The van der Waals surface area contributed by atoms with Crippen LogP contribution in [0.4, 0.5) is 0 Å². The van der Waals surface area contributed by atoms with Crippen LogP contribution in [0.2, 0.25) is 0 Å². The Balaban J connectivity index is -0.0000000800. The summed E-state index contributed by atoms with van der Waals surface area (Å²) in [4.78, 5) is 0. The minimum absolute atomic E-state index is 0. The largest absolute Gasteiger partial charge is 1.00 e. The van der Waals surface area contributed by atoms with E-state index < -0.39 is 23.8 Å². The van der Waals surface area contributed by atoms with Crippen LogP contribution in [-0.2, 0) is 29.5 Å². The van der Waals surface area contributed by atoms with E-state index in [0.29, 0.717) is 0 Å². The third kappa shape index (κ3) is 18.2. The van der Waals surface area contributed by atoms with Gasteiger partial charge in [0, 0.05) is 0 Å². The third-order valence-corrected chi connectivity index (χ3v) is 1.36. The second-order valence-electron chi connectivity index (χ2n) is 0.492. The van der Waals surface area contributed by atoms with Gasteiger partial charge in [0.05, 0.1) is 0 Å². The molecule has 0 spiro atoms. The van der Waals surface area contributed by atoms with E-state index in [1.54, 1.807) is 14.2 Å². The summed E-state index contributed by atoms with van der Waals surface area (Å²) in [5.74, 6) is 0. The molecular weight excluding hydrogens is 394 g/mol. The van der Waals surface area contributed by atoms with Gasteiger partial charge in [0.2, 0.25) is 0 Å². The molecule has 7 heavy (non-hydrogen) atoms. The first-order chi connectivity index (χ1) is 2.41. The van der Waals surface area contributed by atoms with Gasteiger partial charge < -0.3 is 34.0 Å². The zero-order valence-electron chi connectivity index (χ0n) is 4.07. The van der Waals surface area contributed by atoms with Crippen molar-refractivity contribution in [2.24, 2.45) is 0 Å². The van der Waals surface area contributed by atoms with Gasteiger partial charge in [-0.25, -0.2) is 0 Å². The first-order valence-electron chi connectivity index (χ1n) is 1.22. The van der Waals surface area contributed by atoms with E-state index in [1.165, 1.54) is 0 Å². The number of rotatable bonds is 2. The first kappa shape index (κ1) is 15.9. The second-order valence-corrected chi connectivity index (χ2v) is 4.02. The van der Waals surface area contributed by atoms with Crippen molar-refractivity contribution in [1.82, 2.24) is 0 Å². The molecule has 0 unspecified atom stereocenters. The van der Waals surface area contributed by atoms with E-state index >= 15 is 0 Å². The Morgan fingerprint density at radius 2 is 1.29 bits per heavy atom. The summed E-state index contributed by atoms with van der Waals surface area (Å²) in [6, 6.07) is 0. The molecule has 2 nitrogen and oxygen atoms in total. The molecule has 0 saturated carbocycles. The van der Waals surface area contributed by atoms with Gasteiger partial charge in [-0.05, 0) is 0 Å². The van der Waals surface area contributed by atoms with E-state index in [1.807, 2.05) is 0 Å². The molecular formula is C2H6Br2HfO2. The van der Waals surface area contributed by atoms with Crippen LogP contribution in [0.15, 0.2) is 0 Å². The zero-order valence-corrected chi connectivity index (χ0v) is 10.8. The average Bonchev–Trinajstić information content (AvgIpc) is 1.41. The van der Waals surface area contributed by atoms with Crippen LogP contribution in [0.3, 0.4) is 0 Å². The summed E-state index contributed by atoms with van der Waals surface area (Å²) in [5, 5.41) is 0. The molecule has 0 saturated heterocycles. The minimum atomic E-state index is -0.951. The summed E-state index contributed by atoms with van der Waals surface area (Å²) in [5.41, 5.74) is 0. The van der Waals surface area contributed by atoms with Crippen LogP contribution in [0.5, 0.6) is 0 Å². The first-order valence-corrected chi connectivity index (χ1v) is 4.16. The SMILES string of the molecule is C[O][Hf+2][O]C.[Br-].[Br-]. The van der Waals surface area contributed by atoms with Crippen LogP contribution < -0.4 is 34.0 Å². The van der Waals surface area contributed by atoms with Gasteiger partial charge >= 0.3 is 43.7 Å². The predicted octanol–water partition coefficient (Wildman–Crippen LogP) is -5.80. The van der Waals surface area contributed by atoms with Crippen LogP contribution >= 0.6 is 0 Å². The van der Waals surface area contributed by atoms with Gasteiger partial charge in [-0.3, -0.25) is 0 Å². The standard InChI is InChI=1S/2CH3O.2BrH.Hf/c2*1-2;;;/h2*1H3;2*1H;/q2*-1;;;+4/p-2. The van der Waals surface area contributed by atoms with Crippen molar-refractivity contribution in [2.45, 2.75) is 0 Å². The van der Waals surface area contributed by atoms with Crippen molar-refractivity contribution in [3.05, 3.63) is 0 Å². The molecule has 0 aromatic carbocycles. The van der Waals surface area contributed by atoms with Gasteiger partial charge in [0.15, 0.2) is 0 Å². The van der Waals surface area contributed by atoms with Crippen molar-refractivity contribution < 1.29 is 63.5 Å². The number of hydrogen-bond donors (Lipinski definition) is 0. The monoisotopic (exact) mass is 400 g/mol. The molecule has 0 aliphatic heterocycles. The molecule has 0 aliphatic rings. The normalized spacial score (nSPS) is 4.86. The maximum Gasteiger partial charge on any atom is -1.00 e. The fourth-order valence-corrected chi connectivity index (χ4v) is 0.682. The Kier molecular flexibility index (Phi) is 35.5. The van der Waals surface area contributed by atoms with Crippen LogP contribution in [0, 0.1) is 0 Å². The molecule has 0 aliphatic carbocycles. The van der Waals surface area contributed by atoms with E-state index in [2.05, 4.69) is 5.71 Å². The molecule has 44 valence electrons. The molecule has 0 bridgehead atoms. The van der Waals surface area contributed by atoms with Crippen LogP contribution in [0.25, 0.3) is 0 Å². The molecule has 0 aromatic heterocycles. The fraction of sp³-hybridized carbons (Fsp3) is 1.00. The average molecular weight is 400 g/mol. The quantitative estimate of drug-likeness (QED) is 0.430. The maximum atomic E-state index is 4.66. The fourth-order valence-electron chi connectivity index (χ4n) is 0.0833. The summed E-state index contributed by atoms with van der Waals surface area (Å²) >= 11 is -0.951. The molecule has 0 radical (unpaired) electrons. The van der Waals surface area contributed by atoms with Crippen LogP contribution in [0.1, 0.15) is 0 Å². The molecule has 0 heterocycles. The minimum Gasteiger partial charge on any atom is -1.00 e. The van der Waals surface area contributed by atoms with E-state index in [-0.39, 0.29) is 34.0 Å². The molecule has 0 rings (SSSR count). The van der Waals surface area contributed by atoms with Crippen molar-refractivity contribution in [3.63, 3.8) is 0 Å². The molecule has 0 atom stereocenters. The van der Waals surface area contributed by atoms with Gasteiger partial charge in [0.25, 0.3) is 0 Å². The summed E-state index contributed by atoms with van der Waals surface area (Å²) < 4.78 is 9.33. The van der Waals surface area contributed by atoms with E-state index in [0.717, 1.165) is 0 Å². The number of halogens is 2. The Hall–Kier alpha value is 1.75.